The molecule has 0 fully saturated rings. The number of benzene rings is 1. The molecule has 0 aliphatic carbocycles. The number of amides is 1. The number of carbonyl (C=O) groups excluding carboxylic acids is 1. The minimum absolute atomic E-state index is 0.00140. The number of aliphatic hydroxyl groups excluding tert-OH is 1. The van der Waals surface area contributed by atoms with Crippen molar-refractivity contribution in [3.05, 3.63) is 30.3 Å². The summed E-state index contributed by atoms with van der Waals surface area (Å²) in [6.07, 6.45) is 0. The van der Waals surface area contributed by atoms with Gasteiger partial charge >= 0.3 is 0 Å². The van der Waals surface area contributed by atoms with Crippen molar-refractivity contribution < 1.29 is 9.90 Å². The Morgan fingerprint density at radius 1 is 1.33 bits per heavy atom. The highest BCUT2D eigenvalue weighted by atomic mass is 16.3. The Morgan fingerprint density at radius 2 is 2.05 bits per heavy atom. The standard InChI is InChI=1S/C14H19N5O2/c1-10(2)12(14(21)15-8-9-20)19-17-13(16-18-19)11-6-4-3-5-7-11/h3-7,10,12,20H,8-9H2,1-2H3,(H,15,21). The van der Waals surface area contributed by atoms with Gasteiger partial charge in [-0.25, -0.2) is 0 Å². The minimum atomic E-state index is -0.554. The number of aromatic nitrogens is 4. The predicted octanol–water partition coefficient (Wildman–Crippen LogP) is 0.646. The quantitative estimate of drug-likeness (QED) is 0.814. The first-order valence-electron chi connectivity index (χ1n) is 6.87. The molecule has 0 saturated carbocycles. The summed E-state index contributed by atoms with van der Waals surface area (Å²) in [5.74, 6) is 0.258. The first-order valence-corrected chi connectivity index (χ1v) is 6.87. The fraction of sp³-hybridized carbons (Fsp3) is 0.429. The highest BCUT2D eigenvalue weighted by Gasteiger charge is 2.26. The zero-order chi connectivity index (χ0) is 15.2. The first-order chi connectivity index (χ1) is 10.1. The molecule has 0 saturated heterocycles. The van der Waals surface area contributed by atoms with Crippen molar-refractivity contribution >= 4 is 5.91 Å². The summed E-state index contributed by atoms with van der Waals surface area (Å²) in [5, 5.41) is 23.7. The molecule has 2 aromatic rings. The van der Waals surface area contributed by atoms with Gasteiger partial charge in [-0.1, -0.05) is 44.2 Å². The van der Waals surface area contributed by atoms with Crippen molar-refractivity contribution in [2.24, 2.45) is 5.92 Å². The van der Waals surface area contributed by atoms with Gasteiger partial charge in [0.25, 0.3) is 0 Å². The van der Waals surface area contributed by atoms with Crippen molar-refractivity contribution in [1.82, 2.24) is 25.5 Å². The molecule has 0 spiro atoms. The molecule has 7 heteroatoms. The Kier molecular flexibility index (Phi) is 4.99. The van der Waals surface area contributed by atoms with Crippen LogP contribution in [0, 0.1) is 5.92 Å². The summed E-state index contributed by atoms with van der Waals surface area (Å²) >= 11 is 0. The van der Waals surface area contributed by atoms with Gasteiger partial charge in [-0.05, 0) is 11.1 Å². The molecule has 2 N–H and O–H groups in total. The van der Waals surface area contributed by atoms with Gasteiger partial charge in [-0.3, -0.25) is 4.79 Å². The Morgan fingerprint density at radius 3 is 2.67 bits per heavy atom. The monoisotopic (exact) mass is 289 g/mol. The maximum Gasteiger partial charge on any atom is 0.247 e. The lowest BCUT2D eigenvalue weighted by atomic mass is 10.0. The third-order valence-corrected chi connectivity index (χ3v) is 3.02. The lowest BCUT2D eigenvalue weighted by molar-refractivity contribution is -0.126. The third-order valence-electron chi connectivity index (χ3n) is 3.02. The van der Waals surface area contributed by atoms with Gasteiger partial charge in [-0.2, -0.15) is 4.80 Å². The number of nitrogens with zero attached hydrogens (tertiary/aromatic N) is 4. The number of carbonyl (C=O) groups is 1. The fourth-order valence-corrected chi connectivity index (χ4v) is 2.00. The van der Waals surface area contributed by atoms with Crippen LogP contribution in [0.25, 0.3) is 11.4 Å². The van der Waals surface area contributed by atoms with Gasteiger partial charge in [0.05, 0.1) is 6.61 Å². The van der Waals surface area contributed by atoms with E-state index in [0.717, 1.165) is 5.56 Å². The number of aliphatic hydroxyl groups is 1. The van der Waals surface area contributed by atoms with E-state index in [1.54, 1.807) is 0 Å². The summed E-state index contributed by atoms with van der Waals surface area (Å²) in [4.78, 5) is 13.5. The molecule has 21 heavy (non-hydrogen) atoms. The summed E-state index contributed by atoms with van der Waals surface area (Å²) in [7, 11) is 0. The lowest BCUT2D eigenvalue weighted by Crippen LogP contribution is -2.37. The molecule has 1 unspecified atom stereocenters. The summed E-state index contributed by atoms with van der Waals surface area (Å²) in [5.41, 5.74) is 0.849. The maximum atomic E-state index is 12.1. The van der Waals surface area contributed by atoms with E-state index in [0.29, 0.717) is 5.82 Å². The third kappa shape index (κ3) is 3.63. The van der Waals surface area contributed by atoms with Crippen LogP contribution in [0.15, 0.2) is 30.3 Å². The van der Waals surface area contributed by atoms with Crippen molar-refractivity contribution in [3.8, 4) is 11.4 Å². The number of hydrogen-bond donors (Lipinski definition) is 2. The zero-order valence-corrected chi connectivity index (χ0v) is 12.1. The van der Waals surface area contributed by atoms with Crippen LogP contribution in [0.2, 0.25) is 0 Å². The molecule has 2 rings (SSSR count). The molecule has 1 atom stereocenters. The zero-order valence-electron chi connectivity index (χ0n) is 12.1. The van der Waals surface area contributed by atoms with E-state index in [-0.39, 0.29) is 25.0 Å². The SMILES string of the molecule is CC(C)C(C(=O)NCCO)n1nnc(-c2ccccc2)n1. The van der Waals surface area contributed by atoms with Crippen molar-refractivity contribution in [3.63, 3.8) is 0 Å². The highest BCUT2D eigenvalue weighted by molar-refractivity contribution is 5.80. The Hall–Kier alpha value is -2.28. The Labute approximate surface area is 123 Å². The van der Waals surface area contributed by atoms with Crippen LogP contribution < -0.4 is 5.32 Å². The van der Waals surface area contributed by atoms with Crippen LogP contribution in [0.3, 0.4) is 0 Å². The molecule has 0 aliphatic heterocycles. The smallest absolute Gasteiger partial charge is 0.247 e. The maximum absolute atomic E-state index is 12.1. The van der Waals surface area contributed by atoms with E-state index in [1.807, 2.05) is 44.2 Å². The Balaban J connectivity index is 2.22. The molecule has 1 aromatic carbocycles. The van der Waals surface area contributed by atoms with Crippen LogP contribution >= 0.6 is 0 Å². The second kappa shape index (κ2) is 6.94. The molecule has 0 aliphatic rings. The van der Waals surface area contributed by atoms with Crippen LogP contribution in [0.1, 0.15) is 19.9 Å². The van der Waals surface area contributed by atoms with Crippen LogP contribution in [-0.4, -0.2) is 44.4 Å². The highest BCUT2D eigenvalue weighted by Crippen LogP contribution is 2.18. The lowest BCUT2D eigenvalue weighted by Gasteiger charge is -2.18. The average molecular weight is 289 g/mol. The second-order valence-electron chi connectivity index (χ2n) is 5.00. The van der Waals surface area contributed by atoms with Crippen LogP contribution in [0.4, 0.5) is 0 Å². The summed E-state index contributed by atoms with van der Waals surface area (Å²) < 4.78 is 0. The van der Waals surface area contributed by atoms with E-state index in [2.05, 4.69) is 20.7 Å². The van der Waals surface area contributed by atoms with Gasteiger partial charge in [0.2, 0.25) is 11.7 Å². The number of tetrazole rings is 1. The largest absolute Gasteiger partial charge is 0.395 e. The molecule has 1 amide bonds. The number of rotatable bonds is 6. The van der Waals surface area contributed by atoms with Gasteiger partial charge in [0, 0.05) is 12.1 Å². The van der Waals surface area contributed by atoms with Crippen molar-refractivity contribution in [2.45, 2.75) is 19.9 Å². The number of nitrogens with one attached hydrogen (secondary N) is 1. The van der Waals surface area contributed by atoms with Crippen LogP contribution in [-0.2, 0) is 4.79 Å². The van der Waals surface area contributed by atoms with Crippen molar-refractivity contribution in [1.29, 1.82) is 0 Å². The van der Waals surface area contributed by atoms with Crippen LogP contribution in [0.5, 0.6) is 0 Å². The van der Waals surface area contributed by atoms with Gasteiger partial charge in [-0.15, -0.1) is 10.2 Å². The normalized spacial score (nSPS) is 12.4. The van der Waals surface area contributed by atoms with E-state index in [1.165, 1.54) is 4.80 Å². The molecule has 1 heterocycles. The molecule has 112 valence electrons. The van der Waals surface area contributed by atoms with E-state index in [9.17, 15) is 4.79 Å². The van der Waals surface area contributed by atoms with E-state index in [4.69, 9.17) is 5.11 Å². The molecule has 0 bridgehead atoms. The number of hydrogen-bond acceptors (Lipinski definition) is 5. The second-order valence-corrected chi connectivity index (χ2v) is 5.00. The summed E-state index contributed by atoms with van der Waals surface area (Å²) in [6.45, 7) is 3.93. The fourth-order valence-electron chi connectivity index (χ4n) is 2.00. The van der Waals surface area contributed by atoms with E-state index < -0.39 is 6.04 Å². The minimum Gasteiger partial charge on any atom is -0.395 e. The molecular formula is C14H19N5O2. The van der Waals surface area contributed by atoms with Gasteiger partial charge in [0.1, 0.15) is 0 Å². The molecule has 1 aromatic heterocycles. The van der Waals surface area contributed by atoms with E-state index >= 15 is 0 Å². The average Bonchev–Trinajstić information content (AvgIpc) is 2.95. The van der Waals surface area contributed by atoms with Crippen molar-refractivity contribution in [2.75, 3.05) is 13.2 Å². The summed E-state index contributed by atoms with van der Waals surface area (Å²) in [6, 6.07) is 8.91. The molecular weight excluding hydrogens is 270 g/mol. The van der Waals surface area contributed by atoms with Gasteiger partial charge in [0.15, 0.2) is 6.04 Å². The molecule has 0 radical (unpaired) electrons. The first kappa shape index (κ1) is 15.1. The predicted molar refractivity (Wildman–Crippen MR) is 77.2 cm³/mol. The molecule has 7 nitrogen and oxygen atoms in total. The Bertz CT molecular complexity index is 582. The topological polar surface area (TPSA) is 92.9 Å². The van der Waals surface area contributed by atoms with Gasteiger partial charge < -0.3 is 10.4 Å².